The molecule has 0 aromatic heterocycles. The van der Waals surface area contributed by atoms with Crippen LogP contribution in [0.1, 0.15) is 34.0 Å². The molecule has 162 valence electrons. The number of allylic oxidation sites excluding steroid dienone is 1. The molecule has 0 unspecified atom stereocenters. The maximum absolute atomic E-state index is 12.9. The number of ether oxygens (including phenoxy) is 3. The number of nitrogens with zero attached hydrogens (tertiary/aromatic N) is 1. The van der Waals surface area contributed by atoms with Crippen LogP contribution in [0.5, 0.6) is 17.2 Å². The number of ketones is 1. The number of hydrogen-bond acceptors (Lipinski definition) is 6. The number of carbonyl (C=O) groups excluding carboxylic acids is 1. The summed E-state index contributed by atoms with van der Waals surface area (Å²) >= 11 is 0. The number of hydrogen-bond donors (Lipinski definition) is 0. The molecule has 0 saturated heterocycles. The molecule has 0 N–H and O–H groups in total. The Kier molecular flexibility index (Phi) is 5.89. The second-order valence-electron chi connectivity index (χ2n) is 7.24. The Bertz CT molecular complexity index is 1210. The van der Waals surface area contributed by atoms with Gasteiger partial charge in [-0.15, -0.1) is 0 Å². The summed E-state index contributed by atoms with van der Waals surface area (Å²) in [6.45, 7) is 4.48. The van der Waals surface area contributed by atoms with Gasteiger partial charge in [0.1, 0.15) is 23.9 Å². The number of benzene rings is 3. The van der Waals surface area contributed by atoms with Gasteiger partial charge in [-0.2, -0.15) is 0 Å². The van der Waals surface area contributed by atoms with Crippen LogP contribution in [0.15, 0.2) is 66.4 Å². The van der Waals surface area contributed by atoms with Gasteiger partial charge in [0.15, 0.2) is 5.76 Å². The van der Waals surface area contributed by atoms with E-state index in [1.165, 1.54) is 12.1 Å². The Labute approximate surface area is 185 Å². The highest BCUT2D eigenvalue weighted by Gasteiger charge is 2.30. The molecule has 7 heteroatoms. The van der Waals surface area contributed by atoms with Crippen LogP contribution in [0.25, 0.3) is 6.08 Å². The Morgan fingerprint density at radius 1 is 1.06 bits per heavy atom. The number of nitro benzene ring substituents is 1. The number of carbonyl (C=O) groups is 1. The summed E-state index contributed by atoms with van der Waals surface area (Å²) in [5, 5.41) is 10.8. The molecule has 0 radical (unpaired) electrons. The Morgan fingerprint density at radius 3 is 2.53 bits per heavy atom. The topological polar surface area (TPSA) is 87.9 Å². The van der Waals surface area contributed by atoms with Crippen LogP contribution < -0.4 is 14.2 Å². The predicted octanol–water partition coefficient (Wildman–Crippen LogP) is 5.50. The summed E-state index contributed by atoms with van der Waals surface area (Å²) in [5.74, 6) is 1.70. The molecule has 0 spiro atoms. The highest BCUT2D eigenvalue weighted by atomic mass is 16.6. The smallest absolute Gasteiger partial charge is 0.269 e. The van der Waals surface area contributed by atoms with E-state index < -0.39 is 4.92 Å². The fourth-order valence-corrected chi connectivity index (χ4v) is 3.47. The molecule has 1 heterocycles. The van der Waals surface area contributed by atoms with E-state index in [2.05, 4.69) is 0 Å². The van der Waals surface area contributed by atoms with Crippen molar-refractivity contribution >= 4 is 17.5 Å². The number of aryl methyl sites for hydroxylation is 1. The van der Waals surface area contributed by atoms with Crippen molar-refractivity contribution in [2.45, 2.75) is 20.5 Å². The van der Waals surface area contributed by atoms with Crippen LogP contribution in [0.4, 0.5) is 5.69 Å². The maximum atomic E-state index is 12.9. The van der Waals surface area contributed by atoms with E-state index in [0.717, 1.165) is 16.7 Å². The van der Waals surface area contributed by atoms with Gasteiger partial charge in [0.2, 0.25) is 5.78 Å². The van der Waals surface area contributed by atoms with Crippen LogP contribution >= 0.6 is 0 Å². The summed E-state index contributed by atoms with van der Waals surface area (Å²) in [4.78, 5) is 23.3. The fraction of sp³-hybridized carbons (Fsp3) is 0.160. The van der Waals surface area contributed by atoms with Crippen molar-refractivity contribution in [3.63, 3.8) is 0 Å². The van der Waals surface area contributed by atoms with Gasteiger partial charge < -0.3 is 14.2 Å². The Morgan fingerprint density at radius 2 is 1.81 bits per heavy atom. The van der Waals surface area contributed by atoms with E-state index in [-0.39, 0.29) is 23.8 Å². The first-order valence-electron chi connectivity index (χ1n) is 10.1. The Balaban J connectivity index is 1.54. The highest BCUT2D eigenvalue weighted by molar-refractivity contribution is 6.15. The van der Waals surface area contributed by atoms with Crippen molar-refractivity contribution in [1.82, 2.24) is 0 Å². The minimum atomic E-state index is -0.444. The first-order chi connectivity index (χ1) is 15.5. The molecule has 0 aliphatic carbocycles. The van der Waals surface area contributed by atoms with Crippen molar-refractivity contribution < 1.29 is 23.9 Å². The van der Waals surface area contributed by atoms with Gasteiger partial charge in [-0.1, -0.05) is 18.2 Å². The van der Waals surface area contributed by atoms with Crippen LogP contribution in [-0.2, 0) is 6.61 Å². The summed E-state index contributed by atoms with van der Waals surface area (Å²) < 4.78 is 17.3. The van der Waals surface area contributed by atoms with E-state index in [1.807, 2.05) is 38.1 Å². The van der Waals surface area contributed by atoms with Gasteiger partial charge in [-0.05, 0) is 55.3 Å². The summed E-state index contributed by atoms with van der Waals surface area (Å²) in [6, 6.07) is 17.1. The normalized spacial score (nSPS) is 13.6. The first-order valence-corrected chi connectivity index (χ1v) is 10.1. The second kappa shape index (κ2) is 8.93. The quantitative estimate of drug-likeness (QED) is 0.279. The molecule has 1 aliphatic rings. The zero-order chi connectivity index (χ0) is 22.7. The van der Waals surface area contributed by atoms with E-state index in [4.69, 9.17) is 14.2 Å². The molecule has 0 saturated carbocycles. The second-order valence-corrected chi connectivity index (χ2v) is 7.24. The first kappa shape index (κ1) is 21.1. The lowest BCUT2D eigenvalue weighted by Crippen LogP contribution is -2.01. The number of fused-ring (bicyclic) bond motifs is 1. The van der Waals surface area contributed by atoms with Crippen LogP contribution in [0.3, 0.4) is 0 Å². The molecule has 1 aliphatic heterocycles. The highest BCUT2D eigenvalue weighted by Crippen LogP contribution is 2.38. The third-order valence-corrected chi connectivity index (χ3v) is 5.00. The fourth-order valence-electron chi connectivity index (χ4n) is 3.47. The van der Waals surface area contributed by atoms with Crippen molar-refractivity contribution in [2.24, 2.45) is 0 Å². The van der Waals surface area contributed by atoms with Crippen LogP contribution in [0, 0.1) is 17.0 Å². The van der Waals surface area contributed by atoms with E-state index >= 15 is 0 Å². The molecule has 7 nitrogen and oxygen atoms in total. The standard InChI is InChI=1S/C25H21NO6/c1-3-30-21-7-5-4-6-18(21)13-23-25(27)24-16(2)12-20(14-22(24)32-23)31-15-17-8-10-19(11-9-17)26(28)29/h4-14H,3,15H2,1-2H3/b23-13-. The van der Waals surface area contributed by atoms with Crippen molar-refractivity contribution in [3.8, 4) is 17.2 Å². The number of non-ortho nitro benzene ring substituents is 1. The average Bonchev–Trinajstić information content (AvgIpc) is 3.09. The molecule has 4 rings (SSSR count). The van der Waals surface area contributed by atoms with E-state index in [0.29, 0.717) is 29.4 Å². The minimum absolute atomic E-state index is 0.0271. The van der Waals surface area contributed by atoms with Gasteiger partial charge in [0, 0.05) is 23.8 Å². The molecule has 3 aromatic carbocycles. The Hall–Kier alpha value is -4.13. The van der Waals surface area contributed by atoms with Crippen molar-refractivity contribution in [3.05, 3.63) is 98.8 Å². The van der Waals surface area contributed by atoms with Gasteiger partial charge >= 0.3 is 0 Å². The number of para-hydroxylation sites is 1. The van der Waals surface area contributed by atoms with Crippen LogP contribution in [-0.4, -0.2) is 17.3 Å². The third kappa shape index (κ3) is 4.32. The molecule has 0 atom stereocenters. The largest absolute Gasteiger partial charge is 0.493 e. The summed E-state index contributed by atoms with van der Waals surface area (Å²) in [7, 11) is 0. The lowest BCUT2D eigenvalue weighted by molar-refractivity contribution is -0.384. The van der Waals surface area contributed by atoms with Crippen molar-refractivity contribution in [2.75, 3.05) is 6.61 Å². The molecule has 3 aromatic rings. The molecular weight excluding hydrogens is 410 g/mol. The monoisotopic (exact) mass is 431 g/mol. The number of nitro groups is 1. The maximum Gasteiger partial charge on any atom is 0.269 e. The average molecular weight is 431 g/mol. The van der Waals surface area contributed by atoms with E-state index in [9.17, 15) is 14.9 Å². The molecule has 0 amide bonds. The van der Waals surface area contributed by atoms with Crippen LogP contribution in [0.2, 0.25) is 0 Å². The molecular formula is C25H21NO6. The number of rotatable bonds is 7. The van der Waals surface area contributed by atoms with Crippen molar-refractivity contribution in [1.29, 1.82) is 0 Å². The van der Waals surface area contributed by atoms with E-state index in [1.54, 1.807) is 30.3 Å². The SMILES string of the molecule is CCOc1ccccc1/C=C1\Oc2cc(OCc3ccc([N+](=O)[O-])cc3)cc(C)c2C1=O. The lowest BCUT2D eigenvalue weighted by atomic mass is 10.0. The number of Topliss-reactive ketones (excluding diaryl/α,β-unsaturated/α-hetero) is 1. The van der Waals surface area contributed by atoms with Gasteiger partial charge in [-0.3, -0.25) is 14.9 Å². The summed E-state index contributed by atoms with van der Waals surface area (Å²) in [5.41, 5.74) is 2.83. The minimum Gasteiger partial charge on any atom is -0.493 e. The zero-order valence-electron chi connectivity index (χ0n) is 17.7. The molecule has 0 fully saturated rings. The zero-order valence-corrected chi connectivity index (χ0v) is 17.7. The summed E-state index contributed by atoms with van der Waals surface area (Å²) in [6.07, 6.45) is 1.68. The predicted molar refractivity (Wildman–Crippen MR) is 119 cm³/mol. The molecule has 0 bridgehead atoms. The molecule has 32 heavy (non-hydrogen) atoms. The lowest BCUT2D eigenvalue weighted by Gasteiger charge is -2.09. The van der Waals surface area contributed by atoms with Gasteiger partial charge in [-0.25, -0.2) is 0 Å². The third-order valence-electron chi connectivity index (χ3n) is 5.00. The van der Waals surface area contributed by atoms with Gasteiger partial charge in [0.05, 0.1) is 17.1 Å². The van der Waals surface area contributed by atoms with Gasteiger partial charge in [0.25, 0.3) is 5.69 Å².